The summed E-state index contributed by atoms with van der Waals surface area (Å²) in [6.07, 6.45) is 1.39. The number of hydrogen-bond acceptors (Lipinski definition) is 2. The van der Waals surface area contributed by atoms with E-state index in [2.05, 4.69) is 15.9 Å². The third-order valence-electron chi connectivity index (χ3n) is 0.841. The molecule has 4 heteroatoms. The number of rotatable bonds is 1. The van der Waals surface area contributed by atoms with Gasteiger partial charge in [-0.2, -0.15) is 0 Å². The number of furan rings is 1. The molecule has 2 N–H and O–H groups in total. The first kappa shape index (κ1) is 6.35. The second-order valence-corrected chi connectivity index (χ2v) is 2.32. The van der Waals surface area contributed by atoms with E-state index < -0.39 is 5.91 Å². The molecule has 0 atom stereocenters. The van der Waals surface area contributed by atoms with Crippen LogP contribution in [0.3, 0.4) is 0 Å². The van der Waals surface area contributed by atoms with E-state index in [-0.39, 0.29) is 5.76 Å². The summed E-state index contributed by atoms with van der Waals surface area (Å²) in [5, 5.41) is 0. The van der Waals surface area contributed by atoms with Crippen molar-refractivity contribution in [1.29, 1.82) is 0 Å². The molecule has 1 heterocycles. The zero-order chi connectivity index (χ0) is 6.85. The summed E-state index contributed by atoms with van der Waals surface area (Å²) < 4.78 is 5.30. The minimum atomic E-state index is -0.563. The van der Waals surface area contributed by atoms with Gasteiger partial charge in [0.1, 0.15) is 0 Å². The Morgan fingerprint density at radius 1 is 1.78 bits per heavy atom. The number of primary amides is 1. The first-order valence-electron chi connectivity index (χ1n) is 2.24. The fourth-order valence-electron chi connectivity index (χ4n) is 0.470. The molecule has 0 fully saturated rings. The molecule has 0 aliphatic rings. The summed E-state index contributed by atoms with van der Waals surface area (Å²) in [4.78, 5) is 10.4. The quantitative estimate of drug-likeness (QED) is 0.721. The highest BCUT2D eigenvalue weighted by molar-refractivity contribution is 9.10. The summed E-state index contributed by atoms with van der Waals surface area (Å²) >= 11 is 3.07. The van der Waals surface area contributed by atoms with E-state index in [1.54, 1.807) is 6.07 Å². The zero-order valence-electron chi connectivity index (χ0n) is 4.43. The van der Waals surface area contributed by atoms with Crippen LogP contribution in [-0.4, -0.2) is 5.91 Å². The zero-order valence-corrected chi connectivity index (χ0v) is 6.01. The van der Waals surface area contributed by atoms with Crippen LogP contribution in [0, 0.1) is 0 Å². The molecule has 1 amide bonds. The Hall–Kier alpha value is -0.770. The van der Waals surface area contributed by atoms with Crippen molar-refractivity contribution in [3.63, 3.8) is 0 Å². The van der Waals surface area contributed by atoms with Crippen molar-refractivity contribution in [2.24, 2.45) is 5.73 Å². The van der Waals surface area contributed by atoms with Crippen LogP contribution in [0.2, 0.25) is 0 Å². The molecule has 1 rings (SSSR count). The van der Waals surface area contributed by atoms with Gasteiger partial charge in [0, 0.05) is 0 Å². The molecule has 0 aromatic carbocycles. The summed E-state index contributed by atoms with van der Waals surface area (Å²) in [7, 11) is 0. The van der Waals surface area contributed by atoms with Crippen LogP contribution in [0.15, 0.2) is 21.2 Å². The maximum absolute atomic E-state index is 10.4. The average Bonchev–Trinajstić information content (AvgIpc) is 2.13. The van der Waals surface area contributed by atoms with E-state index >= 15 is 0 Å². The molecule has 0 bridgehead atoms. The third kappa shape index (κ3) is 1.13. The lowest BCUT2D eigenvalue weighted by molar-refractivity contribution is 0.0973. The van der Waals surface area contributed by atoms with Crippen LogP contribution < -0.4 is 5.73 Å². The summed E-state index contributed by atoms with van der Waals surface area (Å²) in [6.45, 7) is 0. The van der Waals surface area contributed by atoms with Gasteiger partial charge >= 0.3 is 0 Å². The highest BCUT2D eigenvalue weighted by Crippen LogP contribution is 2.15. The summed E-state index contributed by atoms with van der Waals surface area (Å²) in [5.41, 5.74) is 4.90. The SMILES string of the molecule is NC(=O)c1occc1Br. The number of halogens is 1. The Labute approximate surface area is 60.0 Å². The van der Waals surface area contributed by atoms with E-state index in [9.17, 15) is 4.79 Å². The first-order valence-corrected chi connectivity index (χ1v) is 3.04. The van der Waals surface area contributed by atoms with Gasteiger partial charge in [0.25, 0.3) is 5.91 Å². The van der Waals surface area contributed by atoms with Crippen molar-refractivity contribution < 1.29 is 9.21 Å². The first-order chi connectivity index (χ1) is 4.22. The lowest BCUT2D eigenvalue weighted by atomic mass is 10.4. The van der Waals surface area contributed by atoms with Crippen LogP contribution in [0.1, 0.15) is 10.6 Å². The van der Waals surface area contributed by atoms with E-state index in [0.717, 1.165) is 0 Å². The van der Waals surface area contributed by atoms with Crippen molar-refractivity contribution in [2.45, 2.75) is 0 Å². The molecule has 3 nitrogen and oxygen atoms in total. The van der Waals surface area contributed by atoms with Gasteiger partial charge in [-0.1, -0.05) is 0 Å². The number of carbonyl (C=O) groups excluding carboxylic acids is 1. The molecule has 0 unspecified atom stereocenters. The van der Waals surface area contributed by atoms with Gasteiger partial charge < -0.3 is 10.2 Å². The third-order valence-corrected chi connectivity index (χ3v) is 1.47. The maximum atomic E-state index is 10.4. The highest BCUT2D eigenvalue weighted by Gasteiger charge is 2.07. The minimum absolute atomic E-state index is 0.162. The van der Waals surface area contributed by atoms with Crippen molar-refractivity contribution in [1.82, 2.24) is 0 Å². The van der Waals surface area contributed by atoms with Gasteiger partial charge in [-0.05, 0) is 22.0 Å². The Bertz CT molecular complexity index is 231. The minimum Gasteiger partial charge on any atom is -0.458 e. The predicted molar refractivity (Wildman–Crippen MR) is 34.9 cm³/mol. The molecule has 0 saturated carbocycles. The molecule has 0 radical (unpaired) electrons. The van der Waals surface area contributed by atoms with Gasteiger partial charge in [-0.25, -0.2) is 0 Å². The molecule has 0 spiro atoms. The van der Waals surface area contributed by atoms with Crippen LogP contribution in [0.4, 0.5) is 0 Å². The van der Waals surface area contributed by atoms with Gasteiger partial charge in [0.05, 0.1) is 10.7 Å². The Balaban J connectivity index is 3.08. The normalized spacial score (nSPS) is 9.44. The van der Waals surface area contributed by atoms with Crippen LogP contribution >= 0.6 is 15.9 Å². The van der Waals surface area contributed by atoms with Gasteiger partial charge in [0.15, 0.2) is 0 Å². The number of nitrogens with two attached hydrogens (primary N) is 1. The average molecular weight is 190 g/mol. The van der Waals surface area contributed by atoms with Gasteiger partial charge in [0.2, 0.25) is 5.76 Å². The fourth-order valence-corrected chi connectivity index (χ4v) is 0.866. The molecule has 9 heavy (non-hydrogen) atoms. The standard InChI is InChI=1S/C5H4BrNO2/c6-3-1-2-9-4(3)5(7)8/h1-2H,(H2,7,8). The molecule has 0 saturated heterocycles. The van der Waals surface area contributed by atoms with Crippen molar-refractivity contribution >= 4 is 21.8 Å². The van der Waals surface area contributed by atoms with E-state index in [1.807, 2.05) is 0 Å². The second-order valence-electron chi connectivity index (χ2n) is 1.46. The topological polar surface area (TPSA) is 56.2 Å². The van der Waals surface area contributed by atoms with Crippen LogP contribution in [0.5, 0.6) is 0 Å². The fraction of sp³-hybridized carbons (Fsp3) is 0. The lowest BCUT2D eigenvalue weighted by Crippen LogP contribution is -2.09. The molecular weight excluding hydrogens is 186 g/mol. The van der Waals surface area contributed by atoms with E-state index in [4.69, 9.17) is 10.2 Å². The van der Waals surface area contributed by atoms with Crippen LogP contribution in [-0.2, 0) is 0 Å². The van der Waals surface area contributed by atoms with Gasteiger partial charge in [-0.3, -0.25) is 4.79 Å². The number of hydrogen-bond donors (Lipinski definition) is 1. The van der Waals surface area contributed by atoms with E-state index in [1.165, 1.54) is 6.26 Å². The molecule has 0 aliphatic carbocycles. The molecule has 1 aromatic heterocycles. The predicted octanol–water partition coefficient (Wildman–Crippen LogP) is 1.14. The number of amides is 1. The largest absolute Gasteiger partial charge is 0.458 e. The molecule has 1 aromatic rings. The van der Waals surface area contributed by atoms with Crippen molar-refractivity contribution in [3.05, 3.63) is 22.6 Å². The second kappa shape index (κ2) is 2.23. The Kier molecular flexibility index (Phi) is 1.57. The Morgan fingerprint density at radius 2 is 2.44 bits per heavy atom. The van der Waals surface area contributed by atoms with Crippen LogP contribution in [0.25, 0.3) is 0 Å². The summed E-state index contributed by atoms with van der Waals surface area (Å²) in [5.74, 6) is -0.401. The number of carbonyl (C=O) groups is 1. The van der Waals surface area contributed by atoms with Crippen molar-refractivity contribution in [2.75, 3.05) is 0 Å². The summed E-state index contributed by atoms with van der Waals surface area (Å²) in [6, 6.07) is 1.61. The molecule has 0 aliphatic heterocycles. The maximum Gasteiger partial charge on any atom is 0.285 e. The van der Waals surface area contributed by atoms with Crippen molar-refractivity contribution in [3.8, 4) is 0 Å². The molecule has 48 valence electrons. The Morgan fingerprint density at radius 3 is 2.67 bits per heavy atom. The molecular formula is C5H4BrNO2. The highest BCUT2D eigenvalue weighted by atomic mass is 79.9. The van der Waals surface area contributed by atoms with Gasteiger partial charge in [-0.15, -0.1) is 0 Å². The monoisotopic (exact) mass is 189 g/mol. The lowest BCUT2D eigenvalue weighted by Gasteiger charge is -1.85. The van der Waals surface area contributed by atoms with E-state index in [0.29, 0.717) is 4.47 Å². The smallest absolute Gasteiger partial charge is 0.285 e.